The number of carbonyl (C=O) groups excluding carboxylic acids is 2. The third-order valence-corrected chi connectivity index (χ3v) is 7.08. The minimum absolute atomic E-state index is 0.0329. The van der Waals surface area contributed by atoms with Crippen LogP contribution in [-0.2, 0) is 28.3 Å². The van der Waals surface area contributed by atoms with E-state index in [-0.39, 0.29) is 11.8 Å². The average molecular weight is 554 g/mol. The highest BCUT2D eigenvalue weighted by atomic mass is 79.9. The van der Waals surface area contributed by atoms with Crippen LogP contribution in [0.2, 0.25) is 0 Å². The van der Waals surface area contributed by atoms with E-state index >= 15 is 0 Å². The maximum atomic E-state index is 13.6. The van der Waals surface area contributed by atoms with Gasteiger partial charge < -0.3 is 10.2 Å². The molecule has 0 heterocycles. The van der Waals surface area contributed by atoms with E-state index in [4.69, 9.17) is 0 Å². The molecule has 0 unspecified atom stereocenters. The van der Waals surface area contributed by atoms with Crippen molar-refractivity contribution in [3.05, 3.63) is 106 Å². The van der Waals surface area contributed by atoms with Gasteiger partial charge in [0.05, 0.1) is 5.75 Å². The number of rotatable bonds is 12. The maximum absolute atomic E-state index is 13.6. The van der Waals surface area contributed by atoms with E-state index in [1.165, 1.54) is 5.56 Å². The smallest absolute Gasteiger partial charge is 0.243 e. The van der Waals surface area contributed by atoms with Gasteiger partial charge in [0.2, 0.25) is 11.8 Å². The molecule has 6 heteroatoms. The predicted molar refractivity (Wildman–Crippen MR) is 149 cm³/mol. The topological polar surface area (TPSA) is 49.4 Å². The Labute approximate surface area is 221 Å². The minimum Gasteiger partial charge on any atom is -0.354 e. The number of amides is 2. The summed E-state index contributed by atoms with van der Waals surface area (Å²) in [6, 6.07) is 27.4. The van der Waals surface area contributed by atoms with Gasteiger partial charge in [-0.1, -0.05) is 103 Å². The molecule has 0 bridgehead atoms. The zero-order valence-corrected chi connectivity index (χ0v) is 22.7. The molecule has 35 heavy (non-hydrogen) atoms. The molecule has 3 rings (SSSR count). The fraction of sp³-hybridized carbons (Fsp3) is 0.310. The lowest BCUT2D eigenvalue weighted by Crippen LogP contribution is -2.51. The van der Waals surface area contributed by atoms with E-state index in [0.29, 0.717) is 31.2 Å². The molecule has 0 saturated heterocycles. The number of halogens is 1. The van der Waals surface area contributed by atoms with Crippen molar-refractivity contribution >= 4 is 39.5 Å². The summed E-state index contributed by atoms with van der Waals surface area (Å²) in [5.41, 5.74) is 3.20. The molecule has 0 aliphatic rings. The molecule has 0 spiro atoms. The van der Waals surface area contributed by atoms with Gasteiger partial charge >= 0.3 is 0 Å². The molecule has 3 aromatic rings. The Kier molecular flexibility index (Phi) is 10.9. The molecule has 0 aromatic heterocycles. The van der Waals surface area contributed by atoms with Crippen LogP contribution in [0.1, 0.15) is 30.5 Å². The summed E-state index contributed by atoms with van der Waals surface area (Å²) in [7, 11) is 0. The van der Waals surface area contributed by atoms with Crippen LogP contribution in [0.25, 0.3) is 0 Å². The molecule has 0 aliphatic heterocycles. The van der Waals surface area contributed by atoms with Crippen LogP contribution in [0.15, 0.2) is 89.4 Å². The lowest BCUT2D eigenvalue weighted by Gasteiger charge is -2.32. The van der Waals surface area contributed by atoms with Crippen LogP contribution in [0, 0.1) is 5.92 Å². The summed E-state index contributed by atoms with van der Waals surface area (Å²) in [5, 5.41) is 3.07. The van der Waals surface area contributed by atoms with Gasteiger partial charge in [-0.3, -0.25) is 9.59 Å². The minimum atomic E-state index is -0.593. The zero-order valence-electron chi connectivity index (χ0n) is 20.3. The summed E-state index contributed by atoms with van der Waals surface area (Å²) in [5.74, 6) is 1.25. The SMILES string of the molecule is CC(C)CNC(=O)[C@@H](Cc1ccccc1)N(Cc1ccc(Br)cc1)C(=O)CSCc1ccccc1. The highest BCUT2D eigenvalue weighted by molar-refractivity contribution is 9.10. The van der Waals surface area contributed by atoms with Gasteiger partial charge in [0, 0.05) is 29.7 Å². The second kappa shape index (κ2) is 14.1. The Balaban J connectivity index is 1.83. The molecule has 2 amide bonds. The van der Waals surface area contributed by atoms with Crippen molar-refractivity contribution in [3.63, 3.8) is 0 Å². The number of nitrogens with one attached hydrogen (secondary N) is 1. The van der Waals surface area contributed by atoms with E-state index < -0.39 is 6.04 Å². The standard InChI is InChI=1S/C29H33BrN2O2S/c1-22(2)18-31-29(34)27(17-23-9-5-3-6-10-23)32(19-24-13-15-26(30)16-14-24)28(33)21-35-20-25-11-7-4-8-12-25/h3-16,22,27H,17-21H2,1-2H3,(H,31,34)/t27-/m1/s1. The Bertz CT molecular complexity index is 1060. The van der Waals surface area contributed by atoms with Gasteiger partial charge in [0.15, 0.2) is 0 Å². The highest BCUT2D eigenvalue weighted by Crippen LogP contribution is 2.19. The third kappa shape index (κ3) is 9.19. The number of benzene rings is 3. The summed E-state index contributed by atoms with van der Waals surface area (Å²) in [6.45, 7) is 5.09. The lowest BCUT2D eigenvalue weighted by atomic mass is 10.0. The van der Waals surface area contributed by atoms with Crippen molar-refractivity contribution in [1.82, 2.24) is 10.2 Å². The van der Waals surface area contributed by atoms with Gasteiger partial charge in [-0.15, -0.1) is 11.8 Å². The Morgan fingerprint density at radius 3 is 2.06 bits per heavy atom. The van der Waals surface area contributed by atoms with E-state index in [1.807, 2.05) is 72.8 Å². The Hall–Kier alpha value is -2.57. The molecule has 1 atom stereocenters. The fourth-order valence-electron chi connectivity index (χ4n) is 3.68. The Morgan fingerprint density at radius 1 is 0.857 bits per heavy atom. The number of hydrogen-bond donors (Lipinski definition) is 1. The molecule has 1 N–H and O–H groups in total. The molecular formula is C29H33BrN2O2S. The third-order valence-electron chi connectivity index (χ3n) is 5.56. The van der Waals surface area contributed by atoms with Gasteiger partial charge in [-0.05, 0) is 34.7 Å². The van der Waals surface area contributed by atoms with E-state index in [1.54, 1.807) is 16.7 Å². The molecule has 0 aliphatic carbocycles. The highest BCUT2D eigenvalue weighted by Gasteiger charge is 2.30. The molecule has 184 valence electrons. The summed E-state index contributed by atoms with van der Waals surface area (Å²) in [6.07, 6.45) is 0.469. The van der Waals surface area contributed by atoms with Crippen LogP contribution < -0.4 is 5.32 Å². The summed E-state index contributed by atoms with van der Waals surface area (Å²) >= 11 is 5.06. The molecular weight excluding hydrogens is 520 g/mol. The number of carbonyl (C=O) groups is 2. The van der Waals surface area contributed by atoms with Crippen molar-refractivity contribution in [2.75, 3.05) is 12.3 Å². The van der Waals surface area contributed by atoms with Crippen molar-refractivity contribution in [3.8, 4) is 0 Å². The first-order valence-electron chi connectivity index (χ1n) is 11.9. The first-order valence-corrected chi connectivity index (χ1v) is 13.8. The lowest BCUT2D eigenvalue weighted by molar-refractivity contribution is -0.139. The van der Waals surface area contributed by atoms with Crippen LogP contribution >= 0.6 is 27.7 Å². The van der Waals surface area contributed by atoms with E-state index in [2.05, 4.69) is 47.2 Å². The maximum Gasteiger partial charge on any atom is 0.243 e. The molecule has 0 saturated carbocycles. The van der Waals surface area contributed by atoms with Crippen molar-refractivity contribution in [1.29, 1.82) is 0 Å². The van der Waals surface area contributed by atoms with Gasteiger partial charge in [0.1, 0.15) is 6.04 Å². The summed E-state index contributed by atoms with van der Waals surface area (Å²) < 4.78 is 0.980. The number of hydrogen-bond acceptors (Lipinski definition) is 3. The molecule has 0 radical (unpaired) electrons. The zero-order chi connectivity index (χ0) is 25.0. The normalized spacial score (nSPS) is 11.8. The van der Waals surface area contributed by atoms with E-state index in [9.17, 15) is 9.59 Å². The molecule has 3 aromatic carbocycles. The largest absolute Gasteiger partial charge is 0.354 e. The van der Waals surface area contributed by atoms with Gasteiger partial charge in [-0.2, -0.15) is 0 Å². The molecule has 0 fully saturated rings. The monoisotopic (exact) mass is 552 g/mol. The second-order valence-corrected chi connectivity index (χ2v) is 10.9. The fourth-order valence-corrected chi connectivity index (χ4v) is 4.81. The summed E-state index contributed by atoms with van der Waals surface area (Å²) in [4.78, 5) is 28.8. The van der Waals surface area contributed by atoms with Crippen LogP contribution in [0.4, 0.5) is 0 Å². The Morgan fingerprint density at radius 2 is 1.46 bits per heavy atom. The molecule has 4 nitrogen and oxygen atoms in total. The van der Waals surface area contributed by atoms with Crippen molar-refractivity contribution in [2.24, 2.45) is 5.92 Å². The van der Waals surface area contributed by atoms with Crippen LogP contribution in [-0.4, -0.2) is 35.1 Å². The van der Waals surface area contributed by atoms with E-state index in [0.717, 1.165) is 21.4 Å². The van der Waals surface area contributed by atoms with Crippen molar-refractivity contribution in [2.45, 2.75) is 38.6 Å². The number of nitrogens with zero attached hydrogens (tertiary/aromatic N) is 1. The van der Waals surface area contributed by atoms with Crippen molar-refractivity contribution < 1.29 is 9.59 Å². The van der Waals surface area contributed by atoms with Gasteiger partial charge in [0.25, 0.3) is 0 Å². The first-order chi connectivity index (χ1) is 16.9. The number of thioether (sulfide) groups is 1. The quantitative estimate of drug-likeness (QED) is 0.295. The average Bonchev–Trinajstić information content (AvgIpc) is 2.87. The van der Waals surface area contributed by atoms with Crippen LogP contribution in [0.3, 0.4) is 0 Å². The second-order valence-electron chi connectivity index (χ2n) is 8.97. The first kappa shape index (κ1) is 27.0. The van der Waals surface area contributed by atoms with Crippen LogP contribution in [0.5, 0.6) is 0 Å². The van der Waals surface area contributed by atoms with Gasteiger partial charge in [-0.25, -0.2) is 0 Å². The predicted octanol–water partition coefficient (Wildman–Crippen LogP) is 6.09.